The lowest BCUT2D eigenvalue weighted by atomic mass is 10.2. The number of aryl methyl sites for hydroxylation is 1. The van der Waals surface area contributed by atoms with Crippen LogP contribution in [0.1, 0.15) is 12.0 Å². The second kappa shape index (κ2) is 8.05. The lowest BCUT2D eigenvalue weighted by Gasteiger charge is -2.11. The second-order valence-corrected chi connectivity index (χ2v) is 6.25. The average molecular weight is 365 g/mol. The van der Waals surface area contributed by atoms with Gasteiger partial charge < -0.3 is 15.5 Å². The van der Waals surface area contributed by atoms with Crippen molar-refractivity contribution in [3.8, 4) is 0 Å². The van der Waals surface area contributed by atoms with Crippen LogP contribution in [0.15, 0.2) is 28.9 Å². The Hall–Kier alpha value is -1.73. The summed E-state index contributed by atoms with van der Waals surface area (Å²) in [6, 6.07) is 6.01. The van der Waals surface area contributed by atoms with Crippen molar-refractivity contribution in [3.05, 3.63) is 34.4 Å². The maximum absolute atomic E-state index is 4.43. The highest BCUT2D eigenvalue weighted by atomic mass is 79.9. The number of nitrogens with zero attached hydrogens (tertiary/aromatic N) is 4. The first kappa shape index (κ1) is 16.6. The highest BCUT2D eigenvalue weighted by molar-refractivity contribution is 9.10. The van der Waals surface area contributed by atoms with Gasteiger partial charge in [0.1, 0.15) is 0 Å². The summed E-state index contributed by atoms with van der Waals surface area (Å²) in [6.45, 7) is 3.92. The Morgan fingerprint density at radius 1 is 1.27 bits per heavy atom. The predicted molar refractivity (Wildman–Crippen MR) is 93.6 cm³/mol. The van der Waals surface area contributed by atoms with Crippen LogP contribution in [-0.4, -0.2) is 47.3 Å². The molecule has 0 aliphatic rings. The minimum absolute atomic E-state index is 0.489. The molecule has 6 nitrogen and oxygen atoms in total. The molecule has 0 spiro atoms. The van der Waals surface area contributed by atoms with Crippen LogP contribution in [0.2, 0.25) is 0 Å². The molecular formula is C15H21BrN6. The van der Waals surface area contributed by atoms with E-state index in [4.69, 9.17) is 0 Å². The molecule has 0 aliphatic heterocycles. The number of anilines is 3. The first-order valence-corrected chi connectivity index (χ1v) is 7.95. The Morgan fingerprint density at radius 3 is 2.82 bits per heavy atom. The third-order valence-corrected chi connectivity index (χ3v) is 3.58. The molecule has 0 bridgehead atoms. The average Bonchev–Trinajstić information content (AvgIpc) is 2.47. The van der Waals surface area contributed by atoms with Gasteiger partial charge in [-0.3, -0.25) is 0 Å². The van der Waals surface area contributed by atoms with Crippen LogP contribution in [0.5, 0.6) is 0 Å². The molecule has 0 saturated heterocycles. The second-order valence-electron chi connectivity index (χ2n) is 5.33. The van der Waals surface area contributed by atoms with Crippen molar-refractivity contribution in [2.24, 2.45) is 0 Å². The van der Waals surface area contributed by atoms with Gasteiger partial charge in [0.15, 0.2) is 5.82 Å². The molecule has 0 unspecified atom stereocenters. The Labute approximate surface area is 139 Å². The molecule has 0 atom stereocenters. The molecule has 1 heterocycles. The molecule has 2 N–H and O–H groups in total. The van der Waals surface area contributed by atoms with Crippen molar-refractivity contribution in [2.45, 2.75) is 13.3 Å². The Balaban J connectivity index is 1.96. The molecule has 1 aromatic carbocycles. The van der Waals surface area contributed by atoms with Gasteiger partial charge in [0.25, 0.3) is 0 Å². The van der Waals surface area contributed by atoms with Gasteiger partial charge in [-0.15, -0.1) is 5.10 Å². The van der Waals surface area contributed by atoms with Crippen LogP contribution in [0.3, 0.4) is 0 Å². The van der Waals surface area contributed by atoms with E-state index in [9.17, 15) is 0 Å². The molecule has 0 aliphatic carbocycles. The van der Waals surface area contributed by atoms with Gasteiger partial charge in [-0.25, -0.2) is 0 Å². The molecule has 0 radical (unpaired) electrons. The molecule has 0 amide bonds. The van der Waals surface area contributed by atoms with E-state index in [1.54, 1.807) is 6.20 Å². The van der Waals surface area contributed by atoms with E-state index in [2.05, 4.69) is 60.7 Å². The summed E-state index contributed by atoms with van der Waals surface area (Å²) in [4.78, 5) is 6.58. The first-order chi connectivity index (χ1) is 10.5. The van der Waals surface area contributed by atoms with Crippen LogP contribution in [0, 0.1) is 6.92 Å². The standard InChI is InChI=1S/C15H21BrN6/c1-11-9-12(16)5-6-13(11)19-15-20-14(10-18-21-15)17-7-4-8-22(2)3/h5-6,9-10H,4,7-8H2,1-3H3,(H2,17,19,20,21). The number of halogens is 1. The van der Waals surface area contributed by atoms with E-state index in [-0.39, 0.29) is 0 Å². The molecule has 118 valence electrons. The van der Waals surface area contributed by atoms with E-state index < -0.39 is 0 Å². The van der Waals surface area contributed by atoms with E-state index in [0.717, 1.165) is 41.1 Å². The molecule has 0 saturated carbocycles. The van der Waals surface area contributed by atoms with Crippen molar-refractivity contribution in [1.29, 1.82) is 0 Å². The fraction of sp³-hybridized carbons (Fsp3) is 0.400. The smallest absolute Gasteiger partial charge is 0.249 e. The zero-order chi connectivity index (χ0) is 15.9. The van der Waals surface area contributed by atoms with Crippen molar-refractivity contribution in [2.75, 3.05) is 37.8 Å². The predicted octanol–water partition coefficient (Wildman–Crippen LogP) is 3.05. The number of hydrogen-bond donors (Lipinski definition) is 2. The van der Waals surface area contributed by atoms with Crippen LogP contribution >= 0.6 is 15.9 Å². The highest BCUT2D eigenvalue weighted by Crippen LogP contribution is 2.22. The van der Waals surface area contributed by atoms with Crippen LogP contribution < -0.4 is 10.6 Å². The molecule has 22 heavy (non-hydrogen) atoms. The van der Waals surface area contributed by atoms with E-state index >= 15 is 0 Å². The maximum Gasteiger partial charge on any atom is 0.249 e. The summed E-state index contributed by atoms with van der Waals surface area (Å²) in [5.74, 6) is 1.22. The zero-order valence-corrected chi connectivity index (χ0v) is 14.7. The van der Waals surface area contributed by atoms with Crippen LogP contribution in [-0.2, 0) is 0 Å². The Bertz CT molecular complexity index is 617. The summed E-state index contributed by atoms with van der Waals surface area (Å²) < 4.78 is 1.05. The van der Waals surface area contributed by atoms with E-state index in [1.165, 1.54) is 0 Å². The van der Waals surface area contributed by atoms with Crippen LogP contribution in [0.25, 0.3) is 0 Å². The molecule has 2 aromatic rings. The fourth-order valence-corrected chi connectivity index (χ4v) is 2.42. The lowest BCUT2D eigenvalue weighted by molar-refractivity contribution is 0.405. The number of nitrogens with one attached hydrogen (secondary N) is 2. The van der Waals surface area contributed by atoms with Gasteiger partial charge in [-0.05, 0) is 57.7 Å². The third kappa shape index (κ3) is 5.23. The lowest BCUT2D eigenvalue weighted by Crippen LogP contribution is -2.17. The Morgan fingerprint density at radius 2 is 2.09 bits per heavy atom. The molecular weight excluding hydrogens is 344 g/mol. The van der Waals surface area contributed by atoms with Crippen molar-refractivity contribution in [3.63, 3.8) is 0 Å². The third-order valence-electron chi connectivity index (χ3n) is 3.08. The summed E-state index contributed by atoms with van der Waals surface area (Å²) >= 11 is 3.45. The van der Waals surface area contributed by atoms with E-state index in [0.29, 0.717) is 5.95 Å². The number of aromatic nitrogens is 3. The minimum Gasteiger partial charge on any atom is -0.369 e. The van der Waals surface area contributed by atoms with Crippen molar-refractivity contribution < 1.29 is 0 Å². The highest BCUT2D eigenvalue weighted by Gasteiger charge is 2.04. The molecule has 0 fully saturated rings. The summed E-state index contributed by atoms with van der Waals surface area (Å²) in [5, 5.41) is 14.5. The molecule has 2 rings (SSSR count). The fourth-order valence-electron chi connectivity index (χ4n) is 1.94. The SMILES string of the molecule is Cc1cc(Br)ccc1Nc1nncc(NCCCN(C)C)n1. The molecule has 1 aromatic heterocycles. The normalized spacial score (nSPS) is 10.8. The van der Waals surface area contributed by atoms with E-state index in [1.807, 2.05) is 25.1 Å². The quantitative estimate of drug-likeness (QED) is 0.736. The number of hydrogen-bond acceptors (Lipinski definition) is 6. The summed E-state index contributed by atoms with van der Waals surface area (Å²) in [5.41, 5.74) is 2.08. The van der Waals surface area contributed by atoms with Gasteiger partial charge in [0.05, 0.1) is 6.20 Å². The minimum atomic E-state index is 0.489. The number of rotatable bonds is 7. The molecule has 7 heteroatoms. The Kier molecular flexibility index (Phi) is 6.09. The largest absolute Gasteiger partial charge is 0.369 e. The van der Waals surface area contributed by atoms with Crippen molar-refractivity contribution >= 4 is 33.4 Å². The number of benzene rings is 1. The monoisotopic (exact) mass is 364 g/mol. The van der Waals surface area contributed by atoms with Gasteiger partial charge >= 0.3 is 0 Å². The van der Waals surface area contributed by atoms with Gasteiger partial charge in [-0.2, -0.15) is 10.1 Å². The maximum atomic E-state index is 4.43. The summed E-state index contributed by atoms with van der Waals surface area (Å²) in [7, 11) is 4.13. The summed E-state index contributed by atoms with van der Waals surface area (Å²) in [6.07, 6.45) is 2.68. The van der Waals surface area contributed by atoms with Gasteiger partial charge in [0, 0.05) is 16.7 Å². The topological polar surface area (TPSA) is 66.0 Å². The zero-order valence-electron chi connectivity index (χ0n) is 13.1. The first-order valence-electron chi connectivity index (χ1n) is 7.16. The van der Waals surface area contributed by atoms with Gasteiger partial charge in [0.2, 0.25) is 5.95 Å². The van der Waals surface area contributed by atoms with Gasteiger partial charge in [-0.1, -0.05) is 15.9 Å². The van der Waals surface area contributed by atoms with Crippen molar-refractivity contribution in [1.82, 2.24) is 20.1 Å². The van der Waals surface area contributed by atoms with Crippen LogP contribution in [0.4, 0.5) is 17.5 Å².